The van der Waals surface area contributed by atoms with Gasteiger partial charge in [0.2, 0.25) is 5.78 Å². The first-order valence-corrected chi connectivity index (χ1v) is 4.55. The van der Waals surface area contributed by atoms with Gasteiger partial charge in [0.15, 0.2) is 5.76 Å². The minimum atomic E-state index is -1.37. The van der Waals surface area contributed by atoms with Gasteiger partial charge in [-0.3, -0.25) is 4.79 Å². The van der Waals surface area contributed by atoms with Gasteiger partial charge >= 0.3 is 0 Å². The molecule has 0 bridgehead atoms. The zero-order valence-electron chi connectivity index (χ0n) is 8.29. The molecule has 74 valence electrons. The molecule has 1 rings (SSSR count). The van der Waals surface area contributed by atoms with Crippen LogP contribution in [0.15, 0.2) is 11.3 Å². The Morgan fingerprint density at radius 2 is 2.00 bits per heavy atom. The van der Waals surface area contributed by atoms with Crippen LogP contribution >= 0.6 is 0 Å². The number of allylic oxidation sites excluding steroid dienone is 1. The first kappa shape index (κ1) is 10.3. The summed E-state index contributed by atoms with van der Waals surface area (Å²) < 4.78 is 0. The molecule has 0 saturated carbocycles. The van der Waals surface area contributed by atoms with Gasteiger partial charge in [-0.15, -0.1) is 0 Å². The highest BCUT2D eigenvalue weighted by molar-refractivity contribution is 6.00. The number of hydrogen-bond acceptors (Lipinski definition) is 3. The summed E-state index contributed by atoms with van der Waals surface area (Å²) in [6, 6.07) is 0. The van der Waals surface area contributed by atoms with Crippen molar-refractivity contribution in [2.75, 3.05) is 0 Å². The van der Waals surface area contributed by atoms with Crippen molar-refractivity contribution < 1.29 is 15.0 Å². The summed E-state index contributed by atoms with van der Waals surface area (Å²) in [7, 11) is 0. The van der Waals surface area contributed by atoms with Crippen LogP contribution in [0, 0.1) is 5.92 Å². The zero-order valence-corrected chi connectivity index (χ0v) is 8.29. The first-order chi connectivity index (χ1) is 5.86. The molecular weight excluding hydrogens is 168 g/mol. The van der Waals surface area contributed by atoms with Gasteiger partial charge in [0.05, 0.1) is 0 Å². The van der Waals surface area contributed by atoms with Crippen LogP contribution in [0.3, 0.4) is 0 Å². The van der Waals surface area contributed by atoms with Crippen LogP contribution in [0.4, 0.5) is 0 Å². The average Bonchev–Trinajstić information content (AvgIpc) is 2.00. The quantitative estimate of drug-likeness (QED) is 0.650. The fourth-order valence-corrected chi connectivity index (χ4v) is 1.57. The maximum atomic E-state index is 11.4. The van der Waals surface area contributed by atoms with Crippen LogP contribution in [0.25, 0.3) is 0 Å². The minimum Gasteiger partial charge on any atom is -0.504 e. The van der Waals surface area contributed by atoms with Crippen molar-refractivity contribution in [3.05, 3.63) is 11.3 Å². The van der Waals surface area contributed by atoms with E-state index < -0.39 is 11.4 Å². The SMILES string of the molecule is CC(C)C1=C(O)C(=O)[C@](C)(O)CC1. The van der Waals surface area contributed by atoms with E-state index in [2.05, 4.69) is 0 Å². The molecule has 3 heteroatoms. The van der Waals surface area contributed by atoms with E-state index in [1.807, 2.05) is 13.8 Å². The predicted molar refractivity (Wildman–Crippen MR) is 49.4 cm³/mol. The molecule has 13 heavy (non-hydrogen) atoms. The van der Waals surface area contributed by atoms with Gasteiger partial charge in [0, 0.05) is 0 Å². The van der Waals surface area contributed by atoms with Crippen LogP contribution in [0.1, 0.15) is 33.6 Å². The monoisotopic (exact) mass is 184 g/mol. The highest BCUT2D eigenvalue weighted by Gasteiger charge is 2.38. The number of carbonyl (C=O) groups is 1. The zero-order chi connectivity index (χ0) is 10.2. The van der Waals surface area contributed by atoms with Crippen LogP contribution in [-0.2, 0) is 4.79 Å². The number of hydrogen-bond donors (Lipinski definition) is 2. The number of carbonyl (C=O) groups excluding carboxylic acids is 1. The molecule has 0 aromatic heterocycles. The third-order valence-electron chi connectivity index (χ3n) is 2.59. The number of aliphatic hydroxyl groups excluding tert-OH is 1. The Kier molecular flexibility index (Phi) is 2.48. The Morgan fingerprint density at radius 3 is 2.46 bits per heavy atom. The molecule has 1 aliphatic rings. The van der Waals surface area contributed by atoms with E-state index in [1.165, 1.54) is 6.92 Å². The van der Waals surface area contributed by atoms with Gasteiger partial charge < -0.3 is 10.2 Å². The Labute approximate surface area is 78.1 Å². The van der Waals surface area contributed by atoms with Gasteiger partial charge in [-0.25, -0.2) is 0 Å². The number of aliphatic hydroxyl groups is 2. The second-order valence-electron chi connectivity index (χ2n) is 4.13. The average molecular weight is 184 g/mol. The van der Waals surface area contributed by atoms with E-state index in [0.717, 1.165) is 5.57 Å². The molecule has 0 aromatic rings. The fraction of sp³-hybridized carbons (Fsp3) is 0.700. The summed E-state index contributed by atoms with van der Waals surface area (Å²) in [5.74, 6) is -0.603. The van der Waals surface area contributed by atoms with Crippen LogP contribution in [-0.4, -0.2) is 21.6 Å². The summed E-state index contributed by atoms with van der Waals surface area (Å²) >= 11 is 0. The maximum absolute atomic E-state index is 11.4. The lowest BCUT2D eigenvalue weighted by Crippen LogP contribution is -2.40. The van der Waals surface area contributed by atoms with Crippen molar-refractivity contribution in [2.45, 2.75) is 39.2 Å². The Balaban J connectivity index is 3.03. The van der Waals surface area contributed by atoms with E-state index in [1.54, 1.807) is 0 Å². The molecule has 0 aliphatic heterocycles. The fourth-order valence-electron chi connectivity index (χ4n) is 1.57. The van der Waals surface area contributed by atoms with Crippen LogP contribution in [0.5, 0.6) is 0 Å². The summed E-state index contributed by atoms with van der Waals surface area (Å²) in [6.45, 7) is 5.31. The van der Waals surface area contributed by atoms with Crippen molar-refractivity contribution in [2.24, 2.45) is 5.92 Å². The summed E-state index contributed by atoms with van der Waals surface area (Å²) in [6.07, 6.45) is 1.01. The summed E-state index contributed by atoms with van der Waals surface area (Å²) in [4.78, 5) is 11.4. The van der Waals surface area contributed by atoms with E-state index >= 15 is 0 Å². The van der Waals surface area contributed by atoms with Crippen LogP contribution in [0.2, 0.25) is 0 Å². The second-order valence-corrected chi connectivity index (χ2v) is 4.13. The Morgan fingerprint density at radius 1 is 1.46 bits per heavy atom. The highest BCUT2D eigenvalue weighted by Crippen LogP contribution is 2.31. The first-order valence-electron chi connectivity index (χ1n) is 4.55. The molecule has 1 aliphatic carbocycles. The lowest BCUT2D eigenvalue weighted by atomic mass is 9.81. The standard InChI is InChI=1S/C10H16O3/c1-6(2)7-4-5-10(3,13)9(12)8(7)11/h6,11,13H,4-5H2,1-3H3/t10-/m1/s1. The third kappa shape index (κ3) is 1.75. The van der Waals surface area contributed by atoms with Gasteiger partial charge in [-0.05, 0) is 31.3 Å². The lowest BCUT2D eigenvalue weighted by Gasteiger charge is -2.29. The maximum Gasteiger partial charge on any atom is 0.228 e. The summed E-state index contributed by atoms with van der Waals surface area (Å²) in [5.41, 5.74) is -0.612. The second kappa shape index (κ2) is 3.14. The molecule has 0 fully saturated rings. The topological polar surface area (TPSA) is 57.5 Å². The molecule has 0 amide bonds. The molecule has 0 heterocycles. The van der Waals surface area contributed by atoms with E-state index in [9.17, 15) is 15.0 Å². The third-order valence-corrected chi connectivity index (χ3v) is 2.59. The van der Waals surface area contributed by atoms with Crippen molar-refractivity contribution in [1.82, 2.24) is 0 Å². The van der Waals surface area contributed by atoms with E-state index in [-0.39, 0.29) is 11.7 Å². The Bertz CT molecular complexity index is 261. The predicted octanol–water partition coefficient (Wildman–Crippen LogP) is 1.57. The molecule has 1 atom stereocenters. The van der Waals surface area contributed by atoms with Crippen molar-refractivity contribution in [1.29, 1.82) is 0 Å². The molecule has 0 unspecified atom stereocenters. The van der Waals surface area contributed by atoms with Gasteiger partial charge in [-0.2, -0.15) is 0 Å². The van der Waals surface area contributed by atoms with Crippen molar-refractivity contribution >= 4 is 5.78 Å². The van der Waals surface area contributed by atoms with Gasteiger partial charge in [-0.1, -0.05) is 13.8 Å². The molecule has 0 spiro atoms. The number of Topliss-reactive ketones (excluding diaryl/α,β-unsaturated/α-hetero) is 1. The Hall–Kier alpha value is -0.830. The molecule has 0 saturated heterocycles. The molecule has 2 N–H and O–H groups in total. The van der Waals surface area contributed by atoms with E-state index in [0.29, 0.717) is 12.8 Å². The smallest absolute Gasteiger partial charge is 0.228 e. The lowest BCUT2D eigenvalue weighted by molar-refractivity contribution is -0.136. The van der Waals surface area contributed by atoms with Crippen molar-refractivity contribution in [3.8, 4) is 0 Å². The van der Waals surface area contributed by atoms with Gasteiger partial charge in [0.25, 0.3) is 0 Å². The molecule has 0 aromatic carbocycles. The normalized spacial score (nSPS) is 30.1. The number of rotatable bonds is 1. The van der Waals surface area contributed by atoms with E-state index in [4.69, 9.17) is 0 Å². The van der Waals surface area contributed by atoms with Gasteiger partial charge in [0.1, 0.15) is 5.60 Å². The molecule has 3 nitrogen and oxygen atoms in total. The molecule has 0 radical (unpaired) electrons. The molecular formula is C10H16O3. The van der Waals surface area contributed by atoms with Crippen LogP contribution < -0.4 is 0 Å². The minimum absolute atomic E-state index is 0.167. The largest absolute Gasteiger partial charge is 0.504 e. The summed E-state index contributed by atoms with van der Waals surface area (Å²) in [5, 5.41) is 19.1. The number of ketones is 1. The van der Waals surface area contributed by atoms with Crippen molar-refractivity contribution in [3.63, 3.8) is 0 Å². The highest BCUT2D eigenvalue weighted by atomic mass is 16.3.